The first-order valence-corrected chi connectivity index (χ1v) is 5.47. The van der Waals surface area contributed by atoms with Crippen molar-refractivity contribution in [3.8, 4) is 0 Å². The molecule has 0 radical (unpaired) electrons. The van der Waals surface area contributed by atoms with E-state index in [0.717, 1.165) is 0 Å². The number of hydrogen-bond acceptors (Lipinski definition) is 3. The van der Waals surface area contributed by atoms with Gasteiger partial charge in [-0.25, -0.2) is 15.0 Å². The highest BCUT2D eigenvalue weighted by Gasteiger charge is 2.05. The molecular weight excluding hydrogens is 259 g/mol. The highest BCUT2D eigenvalue weighted by atomic mass is 35.5. The van der Waals surface area contributed by atoms with Crippen molar-refractivity contribution in [2.45, 2.75) is 0 Å². The second kappa shape index (κ2) is 5.12. The smallest absolute Gasteiger partial charge is 0.132 e. The van der Waals surface area contributed by atoms with Gasteiger partial charge in [0.1, 0.15) is 17.9 Å². The van der Waals surface area contributed by atoms with Crippen LogP contribution in [-0.2, 0) is 0 Å². The van der Waals surface area contributed by atoms with E-state index in [4.69, 9.17) is 28.9 Å². The quantitative estimate of drug-likeness (QED) is 0.672. The summed E-state index contributed by atoms with van der Waals surface area (Å²) in [5.74, 6) is 0.293. The zero-order valence-electron chi connectivity index (χ0n) is 8.64. The number of benzene rings is 1. The summed E-state index contributed by atoms with van der Waals surface area (Å²) in [7, 11) is 0. The van der Waals surface area contributed by atoms with Crippen LogP contribution >= 0.6 is 23.2 Å². The number of aliphatic imine (C=N–C) groups is 1. The maximum Gasteiger partial charge on any atom is 0.132 e. The van der Waals surface area contributed by atoms with Crippen LogP contribution in [0.15, 0.2) is 41.9 Å². The fourth-order valence-electron chi connectivity index (χ4n) is 1.25. The predicted octanol–water partition coefficient (Wildman–Crippen LogP) is 2.82. The Labute approximate surface area is 108 Å². The van der Waals surface area contributed by atoms with E-state index in [1.165, 1.54) is 6.33 Å². The predicted molar refractivity (Wildman–Crippen MR) is 68.9 cm³/mol. The van der Waals surface area contributed by atoms with E-state index in [1.807, 2.05) is 0 Å². The summed E-state index contributed by atoms with van der Waals surface area (Å²) < 4.78 is 0. The van der Waals surface area contributed by atoms with Gasteiger partial charge in [0.25, 0.3) is 0 Å². The molecule has 86 valence electrons. The lowest BCUT2D eigenvalue weighted by molar-refractivity contribution is 1.16. The van der Waals surface area contributed by atoms with Gasteiger partial charge < -0.3 is 5.73 Å². The second-order valence-electron chi connectivity index (χ2n) is 3.22. The summed E-state index contributed by atoms with van der Waals surface area (Å²) in [5, 5.41) is 1.00. The van der Waals surface area contributed by atoms with Gasteiger partial charge in [-0.2, -0.15) is 0 Å². The average Bonchev–Trinajstić information content (AvgIpc) is 2.30. The molecule has 0 atom stereocenters. The van der Waals surface area contributed by atoms with Crippen molar-refractivity contribution >= 4 is 34.7 Å². The number of halogens is 2. The molecular formula is C11H8Cl2N4. The molecule has 0 aliphatic carbocycles. The molecule has 1 heterocycles. The minimum atomic E-state index is 0.293. The lowest BCUT2D eigenvalue weighted by Crippen LogP contribution is -2.13. The van der Waals surface area contributed by atoms with Crippen LogP contribution in [0.25, 0.3) is 0 Å². The number of aromatic nitrogens is 2. The van der Waals surface area contributed by atoms with Crippen molar-refractivity contribution in [2.75, 3.05) is 0 Å². The van der Waals surface area contributed by atoms with Crippen molar-refractivity contribution in [3.05, 3.63) is 52.5 Å². The summed E-state index contributed by atoms with van der Waals surface area (Å²) in [6.07, 6.45) is 4.54. The topological polar surface area (TPSA) is 64.2 Å². The zero-order valence-corrected chi connectivity index (χ0v) is 10.2. The largest absolute Gasteiger partial charge is 0.383 e. The first-order valence-electron chi connectivity index (χ1n) is 4.71. The first-order chi connectivity index (χ1) is 8.16. The van der Waals surface area contributed by atoms with Gasteiger partial charge >= 0.3 is 0 Å². The summed E-state index contributed by atoms with van der Waals surface area (Å²) >= 11 is 11.8. The molecule has 2 N–H and O–H groups in total. The molecule has 0 saturated carbocycles. The highest BCUT2D eigenvalue weighted by molar-refractivity contribution is 6.36. The lowest BCUT2D eigenvalue weighted by Gasteiger charge is -2.03. The van der Waals surface area contributed by atoms with Gasteiger partial charge in [-0.05, 0) is 18.2 Å². The normalized spacial score (nSPS) is 11.5. The Morgan fingerprint density at radius 1 is 1.18 bits per heavy atom. The molecule has 0 saturated heterocycles. The van der Waals surface area contributed by atoms with E-state index in [9.17, 15) is 0 Å². The molecule has 0 amide bonds. The summed E-state index contributed by atoms with van der Waals surface area (Å²) in [4.78, 5) is 11.8. The van der Waals surface area contributed by atoms with Crippen LogP contribution in [0.1, 0.15) is 5.56 Å². The van der Waals surface area contributed by atoms with Crippen LogP contribution in [0, 0.1) is 0 Å². The number of nitrogens with two attached hydrogens (primary N) is 1. The Kier molecular flexibility index (Phi) is 3.56. The van der Waals surface area contributed by atoms with Gasteiger partial charge in [-0.15, -0.1) is 0 Å². The minimum absolute atomic E-state index is 0.293. The standard InChI is InChI=1S/C11H8Cl2N4/c12-7-1-2-9(10(13)3-7)11(14)17-8-4-15-6-16-5-8/h1-6H,(H2,14,17). The van der Waals surface area contributed by atoms with E-state index in [0.29, 0.717) is 27.1 Å². The van der Waals surface area contributed by atoms with E-state index in [-0.39, 0.29) is 0 Å². The molecule has 1 aromatic carbocycles. The van der Waals surface area contributed by atoms with Gasteiger partial charge in [0.2, 0.25) is 0 Å². The van der Waals surface area contributed by atoms with E-state index < -0.39 is 0 Å². The third kappa shape index (κ3) is 2.93. The summed E-state index contributed by atoms with van der Waals surface area (Å²) in [5.41, 5.74) is 7.04. The highest BCUT2D eigenvalue weighted by Crippen LogP contribution is 2.21. The fourth-order valence-corrected chi connectivity index (χ4v) is 1.75. The second-order valence-corrected chi connectivity index (χ2v) is 4.06. The molecule has 2 rings (SSSR count). The molecule has 1 aromatic heterocycles. The van der Waals surface area contributed by atoms with E-state index in [2.05, 4.69) is 15.0 Å². The Hall–Kier alpha value is -1.65. The molecule has 0 spiro atoms. The minimum Gasteiger partial charge on any atom is -0.383 e. The van der Waals surface area contributed by atoms with Gasteiger partial charge in [0.05, 0.1) is 17.4 Å². The Morgan fingerprint density at radius 2 is 1.88 bits per heavy atom. The fraction of sp³-hybridized carbons (Fsp3) is 0. The number of hydrogen-bond donors (Lipinski definition) is 1. The molecule has 0 fully saturated rings. The van der Waals surface area contributed by atoms with Gasteiger partial charge in [0, 0.05) is 10.6 Å². The Balaban J connectivity index is 2.37. The SMILES string of the molecule is NC(=Nc1cncnc1)c1ccc(Cl)cc1Cl. The van der Waals surface area contributed by atoms with Crippen LogP contribution in [0.5, 0.6) is 0 Å². The summed E-state index contributed by atoms with van der Waals surface area (Å²) in [6, 6.07) is 5.03. The van der Waals surface area contributed by atoms with Crippen LogP contribution in [0.3, 0.4) is 0 Å². The number of rotatable bonds is 2. The molecule has 6 heteroatoms. The number of nitrogens with zero attached hydrogens (tertiary/aromatic N) is 3. The molecule has 0 aliphatic rings. The van der Waals surface area contributed by atoms with Crippen molar-refractivity contribution in [2.24, 2.45) is 10.7 Å². The molecule has 17 heavy (non-hydrogen) atoms. The van der Waals surface area contributed by atoms with Crippen molar-refractivity contribution in [3.63, 3.8) is 0 Å². The van der Waals surface area contributed by atoms with E-state index >= 15 is 0 Å². The average molecular weight is 267 g/mol. The zero-order chi connectivity index (χ0) is 12.3. The van der Waals surface area contributed by atoms with Crippen molar-refractivity contribution in [1.29, 1.82) is 0 Å². The van der Waals surface area contributed by atoms with Crippen LogP contribution in [-0.4, -0.2) is 15.8 Å². The Morgan fingerprint density at radius 3 is 2.53 bits per heavy atom. The van der Waals surface area contributed by atoms with E-state index in [1.54, 1.807) is 30.6 Å². The third-order valence-corrected chi connectivity index (χ3v) is 2.55. The van der Waals surface area contributed by atoms with Gasteiger partial charge in [-0.3, -0.25) is 0 Å². The maximum atomic E-state index is 6.01. The Bertz CT molecular complexity index is 555. The molecule has 2 aromatic rings. The van der Waals surface area contributed by atoms with Crippen LogP contribution < -0.4 is 5.73 Å². The van der Waals surface area contributed by atoms with Crippen molar-refractivity contribution in [1.82, 2.24) is 9.97 Å². The summed E-state index contributed by atoms with van der Waals surface area (Å²) in [6.45, 7) is 0. The molecule has 0 bridgehead atoms. The molecule has 0 aliphatic heterocycles. The number of amidine groups is 1. The first kappa shape index (κ1) is 11.8. The maximum absolute atomic E-state index is 6.01. The van der Waals surface area contributed by atoms with Crippen LogP contribution in [0.4, 0.5) is 5.69 Å². The molecule has 0 unspecified atom stereocenters. The third-order valence-electron chi connectivity index (χ3n) is 2.00. The van der Waals surface area contributed by atoms with Gasteiger partial charge in [0.15, 0.2) is 0 Å². The monoisotopic (exact) mass is 266 g/mol. The van der Waals surface area contributed by atoms with Crippen LogP contribution in [0.2, 0.25) is 10.0 Å². The molecule has 4 nitrogen and oxygen atoms in total. The van der Waals surface area contributed by atoms with Crippen molar-refractivity contribution < 1.29 is 0 Å². The lowest BCUT2D eigenvalue weighted by atomic mass is 10.2. The van der Waals surface area contributed by atoms with Gasteiger partial charge in [-0.1, -0.05) is 23.2 Å².